The highest BCUT2D eigenvalue weighted by atomic mass is 16.2. The molecule has 1 saturated heterocycles. The molecule has 1 unspecified atom stereocenters. The van der Waals surface area contributed by atoms with E-state index in [-0.39, 0.29) is 11.8 Å². The van der Waals surface area contributed by atoms with Crippen LogP contribution in [0.2, 0.25) is 0 Å². The number of benzene rings is 1. The molecular formula is C23H30N4O2. The third-order valence-corrected chi connectivity index (χ3v) is 5.44. The molecule has 1 atom stereocenters. The number of anilines is 2. The van der Waals surface area contributed by atoms with Crippen LogP contribution in [-0.2, 0) is 0 Å². The molecule has 1 N–H and O–H groups in total. The normalized spacial score (nSPS) is 16.4. The Balaban J connectivity index is 1.68. The van der Waals surface area contributed by atoms with E-state index in [0.29, 0.717) is 17.2 Å². The summed E-state index contributed by atoms with van der Waals surface area (Å²) in [6.07, 6.45) is 3.68. The van der Waals surface area contributed by atoms with Crippen LogP contribution in [0.1, 0.15) is 54.5 Å². The summed E-state index contributed by atoms with van der Waals surface area (Å²) in [5.41, 5.74) is 2.60. The molecule has 0 spiro atoms. The summed E-state index contributed by atoms with van der Waals surface area (Å²) in [5.74, 6) is 0.150. The van der Waals surface area contributed by atoms with Gasteiger partial charge in [-0.15, -0.1) is 0 Å². The Morgan fingerprint density at radius 3 is 2.55 bits per heavy atom. The third kappa shape index (κ3) is 5.13. The molecule has 0 radical (unpaired) electrons. The Kier molecular flexibility index (Phi) is 6.86. The van der Waals surface area contributed by atoms with Crippen molar-refractivity contribution in [2.45, 2.75) is 33.6 Å². The van der Waals surface area contributed by atoms with Gasteiger partial charge in [-0.3, -0.25) is 14.6 Å². The highest BCUT2D eigenvalue weighted by molar-refractivity contribution is 6.05. The summed E-state index contributed by atoms with van der Waals surface area (Å²) >= 11 is 0. The fourth-order valence-electron chi connectivity index (χ4n) is 3.77. The van der Waals surface area contributed by atoms with Gasteiger partial charge in [-0.2, -0.15) is 0 Å². The molecule has 1 aliphatic rings. The van der Waals surface area contributed by atoms with Gasteiger partial charge < -0.3 is 15.1 Å². The summed E-state index contributed by atoms with van der Waals surface area (Å²) in [6, 6.07) is 11.0. The Hall–Kier alpha value is -2.89. The number of pyridine rings is 1. The predicted octanol–water partition coefficient (Wildman–Crippen LogP) is 4.05. The molecule has 1 aromatic heterocycles. The van der Waals surface area contributed by atoms with Gasteiger partial charge in [0.2, 0.25) is 0 Å². The van der Waals surface area contributed by atoms with E-state index in [0.717, 1.165) is 50.4 Å². The van der Waals surface area contributed by atoms with Crippen LogP contribution in [0.15, 0.2) is 42.6 Å². The van der Waals surface area contributed by atoms with Crippen molar-refractivity contribution >= 4 is 23.2 Å². The molecule has 154 valence electrons. The van der Waals surface area contributed by atoms with Crippen molar-refractivity contribution < 1.29 is 9.59 Å². The van der Waals surface area contributed by atoms with Crippen LogP contribution < -0.4 is 10.2 Å². The molecule has 2 aromatic rings. The van der Waals surface area contributed by atoms with E-state index in [4.69, 9.17) is 0 Å². The maximum atomic E-state index is 12.8. The van der Waals surface area contributed by atoms with Gasteiger partial charge in [-0.05, 0) is 69.0 Å². The second-order valence-electron chi connectivity index (χ2n) is 7.60. The number of hydrogen-bond acceptors (Lipinski definition) is 4. The van der Waals surface area contributed by atoms with Crippen molar-refractivity contribution in [1.82, 2.24) is 9.88 Å². The number of rotatable bonds is 6. The number of aromatic nitrogens is 1. The lowest BCUT2D eigenvalue weighted by Crippen LogP contribution is -2.39. The smallest absolute Gasteiger partial charge is 0.272 e. The lowest BCUT2D eigenvalue weighted by molar-refractivity contribution is 0.0677. The molecule has 1 aromatic carbocycles. The molecule has 29 heavy (non-hydrogen) atoms. The number of piperidine rings is 1. The Labute approximate surface area is 172 Å². The summed E-state index contributed by atoms with van der Waals surface area (Å²) in [5, 5.41) is 2.90. The zero-order valence-corrected chi connectivity index (χ0v) is 17.5. The fourth-order valence-corrected chi connectivity index (χ4v) is 3.77. The van der Waals surface area contributed by atoms with Crippen LogP contribution in [0.25, 0.3) is 0 Å². The monoisotopic (exact) mass is 394 g/mol. The number of hydrogen-bond donors (Lipinski definition) is 1. The standard InChI is InChI=1S/C23H30N4O2/c1-4-26(5-2)20-10-8-19(9-11-20)25-22(28)18-12-13-24-21(15-18)23(29)27-14-6-7-17(3)16-27/h8-13,15,17H,4-7,14,16H2,1-3H3,(H,25,28). The van der Waals surface area contributed by atoms with Crippen LogP contribution in [0.3, 0.4) is 0 Å². The zero-order chi connectivity index (χ0) is 20.8. The number of carbonyl (C=O) groups is 2. The molecule has 6 heteroatoms. The minimum Gasteiger partial charge on any atom is -0.372 e. The molecular weight excluding hydrogens is 364 g/mol. The number of nitrogens with zero attached hydrogens (tertiary/aromatic N) is 3. The van der Waals surface area contributed by atoms with Gasteiger partial charge in [0, 0.05) is 49.3 Å². The molecule has 2 amide bonds. The average molecular weight is 395 g/mol. The number of amides is 2. The Bertz CT molecular complexity index is 846. The van der Waals surface area contributed by atoms with Crippen molar-refractivity contribution in [2.24, 2.45) is 5.92 Å². The summed E-state index contributed by atoms with van der Waals surface area (Å²) in [6.45, 7) is 9.76. The molecule has 3 rings (SSSR count). The number of likely N-dealkylation sites (tertiary alicyclic amines) is 1. The van der Waals surface area contributed by atoms with Gasteiger partial charge in [0.25, 0.3) is 11.8 Å². The first-order chi connectivity index (χ1) is 14.0. The number of carbonyl (C=O) groups excluding carboxylic acids is 2. The van der Waals surface area contributed by atoms with E-state index in [1.165, 1.54) is 6.20 Å². The van der Waals surface area contributed by atoms with Crippen LogP contribution in [0, 0.1) is 5.92 Å². The summed E-state index contributed by atoms with van der Waals surface area (Å²) in [7, 11) is 0. The van der Waals surface area contributed by atoms with Crippen LogP contribution in [0.5, 0.6) is 0 Å². The van der Waals surface area contributed by atoms with Gasteiger partial charge in [-0.1, -0.05) is 6.92 Å². The maximum Gasteiger partial charge on any atom is 0.272 e. The second-order valence-corrected chi connectivity index (χ2v) is 7.60. The van der Waals surface area contributed by atoms with Crippen molar-refractivity contribution in [3.63, 3.8) is 0 Å². The second kappa shape index (κ2) is 9.54. The zero-order valence-electron chi connectivity index (χ0n) is 17.5. The molecule has 2 heterocycles. The minimum absolute atomic E-state index is 0.102. The predicted molar refractivity (Wildman–Crippen MR) is 116 cm³/mol. The van der Waals surface area contributed by atoms with E-state index < -0.39 is 0 Å². The van der Waals surface area contributed by atoms with Crippen molar-refractivity contribution in [2.75, 3.05) is 36.4 Å². The highest BCUT2D eigenvalue weighted by Crippen LogP contribution is 2.20. The van der Waals surface area contributed by atoms with Crippen molar-refractivity contribution in [1.29, 1.82) is 0 Å². The minimum atomic E-state index is -0.246. The number of nitrogens with one attached hydrogen (secondary N) is 1. The molecule has 6 nitrogen and oxygen atoms in total. The van der Waals surface area contributed by atoms with Gasteiger partial charge in [0.1, 0.15) is 5.69 Å². The Morgan fingerprint density at radius 2 is 1.90 bits per heavy atom. The van der Waals surface area contributed by atoms with Crippen LogP contribution in [0.4, 0.5) is 11.4 Å². The molecule has 1 fully saturated rings. The first-order valence-corrected chi connectivity index (χ1v) is 10.4. The van der Waals surface area contributed by atoms with Gasteiger partial charge >= 0.3 is 0 Å². The van der Waals surface area contributed by atoms with E-state index in [2.05, 4.69) is 36.0 Å². The van der Waals surface area contributed by atoms with Crippen LogP contribution in [-0.4, -0.2) is 47.9 Å². The Morgan fingerprint density at radius 1 is 1.17 bits per heavy atom. The third-order valence-electron chi connectivity index (χ3n) is 5.44. The first kappa shape index (κ1) is 20.8. The fraction of sp³-hybridized carbons (Fsp3) is 0.435. The average Bonchev–Trinajstić information content (AvgIpc) is 2.75. The van der Waals surface area contributed by atoms with E-state index in [1.54, 1.807) is 12.1 Å². The molecule has 0 aliphatic carbocycles. The molecule has 0 saturated carbocycles. The van der Waals surface area contributed by atoms with Crippen LogP contribution >= 0.6 is 0 Å². The largest absolute Gasteiger partial charge is 0.372 e. The van der Waals surface area contributed by atoms with E-state index in [9.17, 15) is 9.59 Å². The van der Waals surface area contributed by atoms with Gasteiger partial charge in [0.05, 0.1) is 0 Å². The lowest BCUT2D eigenvalue weighted by Gasteiger charge is -2.30. The molecule has 0 bridgehead atoms. The lowest BCUT2D eigenvalue weighted by atomic mass is 10.00. The highest BCUT2D eigenvalue weighted by Gasteiger charge is 2.23. The van der Waals surface area contributed by atoms with E-state index in [1.807, 2.05) is 29.2 Å². The molecule has 1 aliphatic heterocycles. The SMILES string of the molecule is CCN(CC)c1ccc(NC(=O)c2ccnc(C(=O)N3CCCC(C)C3)c2)cc1. The quantitative estimate of drug-likeness (QED) is 0.803. The topological polar surface area (TPSA) is 65.5 Å². The summed E-state index contributed by atoms with van der Waals surface area (Å²) in [4.78, 5) is 33.7. The summed E-state index contributed by atoms with van der Waals surface area (Å²) < 4.78 is 0. The van der Waals surface area contributed by atoms with Crippen molar-refractivity contribution in [3.05, 3.63) is 53.9 Å². The first-order valence-electron chi connectivity index (χ1n) is 10.4. The van der Waals surface area contributed by atoms with Crippen molar-refractivity contribution in [3.8, 4) is 0 Å². The maximum absolute atomic E-state index is 12.8. The van der Waals surface area contributed by atoms with E-state index >= 15 is 0 Å². The van der Waals surface area contributed by atoms with Gasteiger partial charge in [0.15, 0.2) is 0 Å². The van der Waals surface area contributed by atoms with Gasteiger partial charge in [-0.25, -0.2) is 0 Å².